The van der Waals surface area contributed by atoms with Crippen LogP contribution >= 0.6 is 0 Å². The summed E-state index contributed by atoms with van der Waals surface area (Å²) < 4.78 is 0. The lowest BCUT2D eigenvalue weighted by Crippen LogP contribution is -2.50. The number of nitrogens with one attached hydrogen (secondary N) is 1. The predicted molar refractivity (Wildman–Crippen MR) is 59.0 cm³/mol. The first-order chi connectivity index (χ1) is 6.26. The van der Waals surface area contributed by atoms with Crippen molar-refractivity contribution in [3.8, 4) is 0 Å². The lowest BCUT2D eigenvalue weighted by molar-refractivity contribution is -0.136. The van der Waals surface area contributed by atoms with Gasteiger partial charge in [0, 0.05) is 11.5 Å². The number of amides is 1. The molecule has 0 bridgehead atoms. The third-order valence-electron chi connectivity index (χ3n) is 3.65. The standard InChI is InChI=1S/C12H23NO/c1-9(11(2,3)4)13-10(14)12(5)7-6-8-12/h9H,6-8H2,1-5H3,(H,13,14). The Bertz CT molecular complexity index is 223. The van der Waals surface area contributed by atoms with Crippen molar-refractivity contribution in [1.29, 1.82) is 0 Å². The second-order valence-electron chi connectivity index (χ2n) is 5.98. The molecule has 1 unspecified atom stereocenters. The molecule has 1 saturated carbocycles. The minimum atomic E-state index is -0.0699. The maximum Gasteiger partial charge on any atom is 0.226 e. The Kier molecular flexibility index (Phi) is 2.93. The summed E-state index contributed by atoms with van der Waals surface area (Å²) in [5.74, 6) is 0.242. The fourth-order valence-corrected chi connectivity index (χ4v) is 1.52. The summed E-state index contributed by atoms with van der Waals surface area (Å²) in [6.45, 7) is 10.6. The summed E-state index contributed by atoms with van der Waals surface area (Å²) in [5.41, 5.74) is 0.0786. The molecule has 0 aromatic rings. The zero-order valence-corrected chi connectivity index (χ0v) is 10.1. The Labute approximate surface area is 87.5 Å². The molecule has 82 valence electrons. The molecule has 2 nitrogen and oxygen atoms in total. The van der Waals surface area contributed by atoms with Crippen LogP contribution in [0.2, 0.25) is 0 Å². The van der Waals surface area contributed by atoms with Crippen LogP contribution in [0.1, 0.15) is 53.9 Å². The number of carbonyl (C=O) groups excluding carboxylic acids is 1. The maximum atomic E-state index is 11.9. The first-order valence-electron chi connectivity index (χ1n) is 5.57. The molecule has 0 aliphatic heterocycles. The van der Waals surface area contributed by atoms with Gasteiger partial charge in [-0.3, -0.25) is 4.79 Å². The number of carbonyl (C=O) groups is 1. The lowest BCUT2D eigenvalue weighted by Gasteiger charge is -2.39. The maximum absolute atomic E-state index is 11.9. The van der Waals surface area contributed by atoms with Crippen LogP contribution in [0.4, 0.5) is 0 Å². The van der Waals surface area contributed by atoms with Crippen molar-refractivity contribution in [3.05, 3.63) is 0 Å². The van der Waals surface area contributed by atoms with Crippen LogP contribution in [0.25, 0.3) is 0 Å². The molecule has 1 N–H and O–H groups in total. The molecule has 1 rings (SSSR count). The van der Waals surface area contributed by atoms with Gasteiger partial charge in [0.2, 0.25) is 5.91 Å². The third kappa shape index (κ3) is 2.28. The van der Waals surface area contributed by atoms with Gasteiger partial charge in [0.05, 0.1) is 0 Å². The number of rotatable bonds is 2. The highest BCUT2D eigenvalue weighted by atomic mass is 16.2. The molecular formula is C12H23NO. The summed E-state index contributed by atoms with van der Waals surface area (Å²) in [7, 11) is 0. The van der Waals surface area contributed by atoms with Gasteiger partial charge in [-0.15, -0.1) is 0 Å². The van der Waals surface area contributed by atoms with E-state index in [1.165, 1.54) is 6.42 Å². The molecule has 1 fully saturated rings. The second kappa shape index (κ2) is 3.56. The minimum Gasteiger partial charge on any atom is -0.353 e. The van der Waals surface area contributed by atoms with Gasteiger partial charge in [0.25, 0.3) is 0 Å². The van der Waals surface area contributed by atoms with Crippen molar-refractivity contribution in [2.45, 2.75) is 59.9 Å². The van der Waals surface area contributed by atoms with E-state index in [0.717, 1.165) is 12.8 Å². The first-order valence-corrected chi connectivity index (χ1v) is 5.57. The molecule has 1 aliphatic rings. The Morgan fingerprint density at radius 3 is 2.14 bits per heavy atom. The first kappa shape index (κ1) is 11.5. The second-order valence-corrected chi connectivity index (χ2v) is 5.98. The molecule has 1 aliphatic carbocycles. The number of hydrogen-bond acceptors (Lipinski definition) is 1. The topological polar surface area (TPSA) is 29.1 Å². The van der Waals surface area contributed by atoms with Crippen molar-refractivity contribution in [2.75, 3.05) is 0 Å². The Hall–Kier alpha value is -0.530. The third-order valence-corrected chi connectivity index (χ3v) is 3.65. The summed E-state index contributed by atoms with van der Waals surface area (Å²) in [4.78, 5) is 11.9. The molecule has 1 atom stereocenters. The van der Waals surface area contributed by atoms with E-state index < -0.39 is 0 Å². The fourth-order valence-electron chi connectivity index (χ4n) is 1.52. The van der Waals surface area contributed by atoms with Gasteiger partial charge in [-0.1, -0.05) is 34.1 Å². The van der Waals surface area contributed by atoms with Gasteiger partial charge in [-0.2, -0.15) is 0 Å². The summed E-state index contributed by atoms with van der Waals surface area (Å²) in [6.07, 6.45) is 3.30. The Morgan fingerprint density at radius 1 is 1.36 bits per heavy atom. The van der Waals surface area contributed by atoms with E-state index in [0.29, 0.717) is 0 Å². The quantitative estimate of drug-likeness (QED) is 0.724. The minimum absolute atomic E-state index is 0.0699. The normalized spacial score (nSPS) is 22.4. The largest absolute Gasteiger partial charge is 0.353 e. The molecule has 0 saturated heterocycles. The monoisotopic (exact) mass is 197 g/mol. The van der Waals surface area contributed by atoms with Crippen molar-refractivity contribution >= 4 is 5.91 Å². The van der Waals surface area contributed by atoms with E-state index >= 15 is 0 Å². The van der Waals surface area contributed by atoms with E-state index in [1.807, 2.05) is 0 Å². The highest BCUT2D eigenvalue weighted by Gasteiger charge is 2.40. The van der Waals surface area contributed by atoms with Gasteiger partial charge >= 0.3 is 0 Å². The predicted octanol–water partition coefficient (Wildman–Crippen LogP) is 2.73. The molecule has 0 radical (unpaired) electrons. The van der Waals surface area contributed by atoms with Gasteiger partial charge in [-0.25, -0.2) is 0 Å². The summed E-state index contributed by atoms with van der Waals surface area (Å²) >= 11 is 0. The average molecular weight is 197 g/mol. The molecule has 0 spiro atoms. The lowest BCUT2D eigenvalue weighted by atomic mass is 9.69. The van der Waals surface area contributed by atoms with Crippen molar-refractivity contribution in [3.63, 3.8) is 0 Å². The number of hydrogen-bond donors (Lipinski definition) is 1. The van der Waals surface area contributed by atoms with Crippen LogP contribution in [0.15, 0.2) is 0 Å². The Morgan fingerprint density at radius 2 is 1.86 bits per heavy atom. The molecule has 1 amide bonds. The van der Waals surface area contributed by atoms with Crippen LogP contribution in [-0.4, -0.2) is 11.9 Å². The van der Waals surface area contributed by atoms with Crippen LogP contribution in [0.3, 0.4) is 0 Å². The summed E-state index contributed by atoms with van der Waals surface area (Å²) in [6, 6.07) is 0.243. The van der Waals surface area contributed by atoms with E-state index in [9.17, 15) is 4.79 Å². The SMILES string of the molecule is CC(NC(=O)C1(C)CCC1)C(C)(C)C. The van der Waals surface area contributed by atoms with Crippen molar-refractivity contribution in [1.82, 2.24) is 5.32 Å². The average Bonchev–Trinajstić information content (AvgIpc) is 1.98. The molecule has 2 heteroatoms. The molecular weight excluding hydrogens is 174 g/mol. The molecule has 0 aromatic heterocycles. The van der Waals surface area contributed by atoms with Crippen LogP contribution in [0.5, 0.6) is 0 Å². The zero-order valence-electron chi connectivity index (χ0n) is 10.1. The van der Waals surface area contributed by atoms with Crippen molar-refractivity contribution < 1.29 is 4.79 Å². The zero-order chi connectivity index (χ0) is 11.0. The van der Waals surface area contributed by atoms with Crippen LogP contribution in [-0.2, 0) is 4.79 Å². The molecule has 0 heterocycles. The van der Waals surface area contributed by atoms with Crippen molar-refractivity contribution in [2.24, 2.45) is 10.8 Å². The molecule has 0 aromatic carbocycles. The van der Waals surface area contributed by atoms with Gasteiger partial charge < -0.3 is 5.32 Å². The van der Waals surface area contributed by atoms with Gasteiger partial charge in [0.1, 0.15) is 0 Å². The van der Waals surface area contributed by atoms with Gasteiger partial charge in [0.15, 0.2) is 0 Å². The highest BCUT2D eigenvalue weighted by Crippen LogP contribution is 2.40. The summed E-state index contributed by atoms with van der Waals surface area (Å²) in [5, 5.41) is 3.12. The van der Waals surface area contributed by atoms with E-state index in [1.54, 1.807) is 0 Å². The van der Waals surface area contributed by atoms with E-state index in [-0.39, 0.29) is 22.8 Å². The van der Waals surface area contributed by atoms with E-state index in [4.69, 9.17) is 0 Å². The molecule has 14 heavy (non-hydrogen) atoms. The smallest absolute Gasteiger partial charge is 0.226 e. The van der Waals surface area contributed by atoms with Crippen LogP contribution in [0, 0.1) is 10.8 Å². The fraction of sp³-hybridized carbons (Fsp3) is 0.917. The Balaban J connectivity index is 2.49. The van der Waals surface area contributed by atoms with E-state index in [2.05, 4.69) is 39.9 Å². The van der Waals surface area contributed by atoms with Crippen LogP contribution < -0.4 is 5.32 Å². The highest BCUT2D eigenvalue weighted by molar-refractivity contribution is 5.83. The van der Waals surface area contributed by atoms with Gasteiger partial charge in [-0.05, 0) is 25.2 Å².